The number of carbonyl (C=O) groups is 1. The number of nitrogens with two attached hydrogens (primary N) is 1. The van der Waals surface area contributed by atoms with Crippen LogP contribution < -0.4 is 11.1 Å². The van der Waals surface area contributed by atoms with Crippen molar-refractivity contribution >= 4 is 18.3 Å². The summed E-state index contributed by atoms with van der Waals surface area (Å²) in [7, 11) is 0. The average Bonchev–Trinajstić information content (AvgIpc) is 2.94. The number of hydrogen-bond donors (Lipinski definition) is 3. The van der Waals surface area contributed by atoms with E-state index in [9.17, 15) is 4.79 Å². The highest BCUT2D eigenvalue weighted by molar-refractivity contribution is 5.93. The Hall–Kier alpha value is -1.85. The molecule has 0 bridgehead atoms. The molecule has 0 radical (unpaired) electrons. The van der Waals surface area contributed by atoms with E-state index in [1.54, 1.807) is 6.07 Å². The molecule has 114 valence electrons. The summed E-state index contributed by atoms with van der Waals surface area (Å²) in [5.41, 5.74) is 8.85. The number of aromatic amines is 1. The zero-order chi connectivity index (χ0) is 14.4. The molecule has 0 saturated heterocycles. The lowest BCUT2D eigenvalue weighted by atomic mass is 10.1. The van der Waals surface area contributed by atoms with Gasteiger partial charge in [-0.1, -0.05) is 29.8 Å². The standard InChI is InChI=1S/C15H20N4O.ClH/c1-11-4-6-12(7-5-11)13-10-14(19-18-13)15(20)17-9-3-2-8-16;/h4-7,10H,2-3,8-9,16H2,1H3,(H,17,20)(H,18,19);1H. The van der Waals surface area contributed by atoms with Crippen LogP contribution in [-0.2, 0) is 0 Å². The van der Waals surface area contributed by atoms with Crippen molar-refractivity contribution in [2.45, 2.75) is 19.8 Å². The van der Waals surface area contributed by atoms with Crippen LogP contribution >= 0.6 is 12.4 Å². The second-order valence-corrected chi connectivity index (χ2v) is 4.78. The molecule has 0 aliphatic heterocycles. The summed E-state index contributed by atoms with van der Waals surface area (Å²) in [4.78, 5) is 11.9. The zero-order valence-electron chi connectivity index (χ0n) is 12.1. The number of unbranched alkanes of at least 4 members (excludes halogenated alkanes) is 1. The van der Waals surface area contributed by atoms with Crippen molar-refractivity contribution in [1.82, 2.24) is 15.5 Å². The van der Waals surface area contributed by atoms with Crippen molar-refractivity contribution in [1.29, 1.82) is 0 Å². The van der Waals surface area contributed by atoms with Crippen LogP contribution in [0.3, 0.4) is 0 Å². The highest BCUT2D eigenvalue weighted by Gasteiger charge is 2.10. The molecule has 2 rings (SSSR count). The van der Waals surface area contributed by atoms with E-state index in [4.69, 9.17) is 5.73 Å². The fraction of sp³-hybridized carbons (Fsp3) is 0.333. The molecule has 0 spiro atoms. The van der Waals surface area contributed by atoms with E-state index in [0.717, 1.165) is 24.1 Å². The smallest absolute Gasteiger partial charge is 0.269 e. The minimum absolute atomic E-state index is 0. The van der Waals surface area contributed by atoms with Crippen LogP contribution in [0, 0.1) is 6.92 Å². The van der Waals surface area contributed by atoms with Crippen molar-refractivity contribution in [3.8, 4) is 11.3 Å². The average molecular weight is 309 g/mol. The zero-order valence-corrected chi connectivity index (χ0v) is 12.9. The maximum absolute atomic E-state index is 11.9. The molecule has 6 heteroatoms. The van der Waals surface area contributed by atoms with Crippen LogP contribution in [-0.4, -0.2) is 29.2 Å². The van der Waals surface area contributed by atoms with Crippen molar-refractivity contribution in [3.63, 3.8) is 0 Å². The van der Waals surface area contributed by atoms with Crippen LogP contribution in [0.25, 0.3) is 11.3 Å². The van der Waals surface area contributed by atoms with E-state index in [1.165, 1.54) is 5.56 Å². The third-order valence-electron chi connectivity index (χ3n) is 3.09. The Morgan fingerprint density at radius 1 is 1.29 bits per heavy atom. The molecule has 0 unspecified atom stereocenters. The van der Waals surface area contributed by atoms with E-state index in [1.807, 2.05) is 31.2 Å². The van der Waals surface area contributed by atoms with Gasteiger partial charge in [0.15, 0.2) is 0 Å². The van der Waals surface area contributed by atoms with E-state index >= 15 is 0 Å². The van der Waals surface area contributed by atoms with Crippen molar-refractivity contribution in [3.05, 3.63) is 41.6 Å². The SMILES string of the molecule is Cc1ccc(-c2cc(C(=O)NCCCCN)[nH]n2)cc1.Cl. The minimum Gasteiger partial charge on any atom is -0.351 e. The molecule has 1 aromatic heterocycles. The number of rotatable bonds is 6. The summed E-state index contributed by atoms with van der Waals surface area (Å²) < 4.78 is 0. The Labute approximate surface area is 130 Å². The van der Waals surface area contributed by atoms with Gasteiger partial charge in [0.1, 0.15) is 5.69 Å². The molecule has 1 aromatic carbocycles. The van der Waals surface area contributed by atoms with E-state index in [-0.39, 0.29) is 18.3 Å². The monoisotopic (exact) mass is 308 g/mol. The summed E-state index contributed by atoms with van der Waals surface area (Å²) in [6.07, 6.45) is 1.80. The molecule has 0 aliphatic rings. The number of H-pyrrole nitrogens is 1. The second kappa shape index (κ2) is 8.44. The summed E-state index contributed by atoms with van der Waals surface area (Å²) in [6, 6.07) is 9.80. The number of amides is 1. The molecular weight excluding hydrogens is 288 g/mol. The van der Waals surface area contributed by atoms with Gasteiger partial charge in [-0.25, -0.2) is 0 Å². The Morgan fingerprint density at radius 2 is 2.00 bits per heavy atom. The molecule has 0 fully saturated rings. The summed E-state index contributed by atoms with van der Waals surface area (Å²) >= 11 is 0. The number of hydrogen-bond acceptors (Lipinski definition) is 3. The molecule has 0 atom stereocenters. The van der Waals surface area contributed by atoms with Gasteiger partial charge in [0.25, 0.3) is 5.91 Å². The molecule has 2 aromatic rings. The Kier molecular flexibility index (Phi) is 6.91. The summed E-state index contributed by atoms with van der Waals surface area (Å²) in [5, 5.41) is 9.79. The largest absolute Gasteiger partial charge is 0.351 e. The van der Waals surface area contributed by atoms with Gasteiger partial charge in [-0.05, 0) is 32.4 Å². The van der Waals surface area contributed by atoms with Crippen LogP contribution in [0.4, 0.5) is 0 Å². The highest BCUT2D eigenvalue weighted by atomic mass is 35.5. The number of carbonyl (C=O) groups excluding carboxylic acids is 1. The van der Waals surface area contributed by atoms with Gasteiger partial charge in [-0.3, -0.25) is 9.89 Å². The molecule has 21 heavy (non-hydrogen) atoms. The third-order valence-corrected chi connectivity index (χ3v) is 3.09. The third kappa shape index (κ3) is 4.88. The van der Waals surface area contributed by atoms with Crippen LogP contribution in [0.15, 0.2) is 30.3 Å². The quantitative estimate of drug-likeness (QED) is 0.716. The number of nitrogens with zero attached hydrogens (tertiary/aromatic N) is 1. The Bertz CT molecular complexity index is 565. The van der Waals surface area contributed by atoms with Gasteiger partial charge >= 0.3 is 0 Å². The fourth-order valence-corrected chi connectivity index (χ4v) is 1.88. The summed E-state index contributed by atoms with van der Waals surface area (Å²) in [5.74, 6) is -0.132. The first-order valence-corrected chi connectivity index (χ1v) is 6.81. The van der Waals surface area contributed by atoms with Crippen LogP contribution in [0.1, 0.15) is 28.9 Å². The molecule has 4 N–H and O–H groups in total. The van der Waals surface area contributed by atoms with Gasteiger partial charge in [-0.15, -0.1) is 12.4 Å². The van der Waals surface area contributed by atoms with Gasteiger partial charge in [0.05, 0.1) is 5.69 Å². The Morgan fingerprint density at radius 3 is 2.67 bits per heavy atom. The van der Waals surface area contributed by atoms with Gasteiger partial charge < -0.3 is 11.1 Å². The predicted octanol–water partition coefficient (Wildman–Crippen LogP) is 2.28. The fourth-order valence-electron chi connectivity index (χ4n) is 1.88. The van der Waals surface area contributed by atoms with Crippen molar-refractivity contribution < 1.29 is 4.79 Å². The number of nitrogens with one attached hydrogen (secondary N) is 2. The minimum atomic E-state index is -0.132. The predicted molar refractivity (Wildman–Crippen MR) is 86.6 cm³/mol. The number of benzene rings is 1. The first-order valence-electron chi connectivity index (χ1n) is 6.81. The molecule has 0 aliphatic carbocycles. The maximum atomic E-state index is 11.9. The lowest BCUT2D eigenvalue weighted by Crippen LogP contribution is -2.25. The number of aromatic nitrogens is 2. The number of halogens is 1. The first kappa shape index (κ1) is 17.2. The molecule has 5 nitrogen and oxygen atoms in total. The number of aryl methyl sites for hydroxylation is 1. The highest BCUT2D eigenvalue weighted by Crippen LogP contribution is 2.18. The van der Waals surface area contributed by atoms with Crippen LogP contribution in [0.2, 0.25) is 0 Å². The van der Waals surface area contributed by atoms with Crippen LogP contribution in [0.5, 0.6) is 0 Å². The summed E-state index contributed by atoms with van der Waals surface area (Å²) in [6.45, 7) is 3.32. The normalized spacial score (nSPS) is 10.0. The second-order valence-electron chi connectivity index (χ2n) is 4.78. The van der Waals surface area contributed by atoms with Gasteiger partial charge in [-0.2, -0.15) is 5.10 Å². The molecule has 0 saturated carbocycles. The van der Waals surface area contributed by atoms with E-state index in [2.05, 4.69) is 15.5 Å². The first-order chi connectivity index (χ1) is 9.70. The maximum Gasteiger partial charge on any atom is 0.269 e. The van der Waals surface area contributed by atoms with Gasteiger partial charge in [0, 0.05) is 12.1 Å². The van der Waals surface area contributed by atoms with Gasteiger partial charge in [0.2, 0.25) is 0 Å². The lowest BCUT2D eigenvalue weighted by Gasteiger charge is -2.01. The molecule has 1 heterocycles. The van der Waals surface area contributed by atoms with E-state index in [0.29, 0.717) is 18.8 Å². The lowest BCUT2D eigenvalue weighted by molar-refractivity contribution is 0.0948. The van der Waals surface area contributed by atoms with E-state index < -0.39 is 0 Å². The Balaban J connectivity index is 0.00000220. The topological polar surface area (TPSA) is 83.8 Å². The van der Waals surface area contributed by atoms with Crippen molar-refractivity contribution in [2.24, 2.45) is 5.73 Å². The van der Waals surface area contributed by atoms with Crippen molar-refractivity contribution in [2.75, 3.05) is 13.1 Å². The molecular formula is C15H21ClN4O. The molecule has 1 amide bonds.